The van der Waals surface area contributed by atoms with Gasteiger partial charge in [-0.1, -0.05) is 0 Å². The summed E-state index contributed by atoms with van der Waals surface area (Å²) in [6.45, 7) is 3.28. The van der Waals surface area contributed by atoms with Crippen molar-refractivity contribution in [2.75, 3.05) is 25.0 Å². The normalized spacial score (nSPS) is 29.7. The van der Waals surface area contributed by atoms with Crippen LogP contribution in [0.15, 0.2) is 18.3 Å². The quantitative estimate of drug-likeness (QED) is 0.917. The van der Waals surface area contributed by atoms with Crippen molar-refractivity contribution in [1.82, 2.24) is 15.2 Å². The molecule has 2 bridgehead atoms. The summed E-state index contributed by atoms with van der Waals surface area (Å²) in [5.41, 5.74) is 1.37. The fraction of sp³-hybridized carbons (Fsp3) is 0.706. The molecule has 4 rings (SSSR count). The highest BCUT2D eigenvalue weighted by Gasteiger charge is 2.34. The van der Waals surface area contributed by atoms with Crippen molar-refractivity contribution in [2.45, 2.75) is 56.8 Å². The van der Waals surface area contributed by atoms with E-state index in [1.54, 1.807) is 0 Å². The maximum atomic E-state index is 4.64. The lowest BCUT2D eigenvalue weighted by Gasteiger charge is -2.27. The van der Waals surface area contributed by atoms with Crippen LogP contribution in [0.25, 0.3) is 0 Å². The molecule has 3 fully saturated rings. The number of hydrogen-bond acceptors (Lipinski definition) is 4. The summed E-state index contributed by atoms with van der Waals surface area (Å²) < 4.78 is 0. The Kier molecular flexibility index (Phi) is 3.59. The van der Waals surface area contributed by atoms with Gasteiger partial charge < -0.3 is 10.2 Å². The monoisotopic (exact) mass is 286 g/mol. The molecule has 4 nitrogen and oxygen atoms in total. The molecular formula is C17H26N4. The first-order valence-corrected chi connectivity index (χ1v) is 8.45. The Labute approximate surface area is 127 Å². The van der Waals surface area contributed by atoms with Crippen molar-refractivity contribution < 1.29 is 0 Å². The van der Waals surface area contributed by atoms with Crippen molar-refractivity contribution in [3.8, 4) is 0 Å². The summed E-state index contributed by atoms with van der Waals surface area (Å²) >= 11 is 0. The van der Waals surface area contributed by atoms with Crippen LogP contribution >= 0.6 is 0 Å². The zero-order valence-electron chi connectivity index (χ0n) is 13.0. The third-order valence-electron chi connectivity index (χ3n) is 5.45. The SMILES string of the molecule is CN1C2CCC1CN(c1cc(CNC3CC3)ccn1)CC2. The lowest BCUT2D eigenvalue weighted by Crippen LogP contribution is -2.37. The van der Waals surface area contributed by atoms with Crippen LogP contribution in [0.5, 0.6) is 0 Å². The smallest absolute Gasteiger partial charge is 0.128 e. The molecule has 0 spiro atoms. The maximum Gasteiger partial charge on any atom is 0.128 e. The van der Waals surface area contributed by atoms with Crippen LogP contribution in [0, 0.1) is 0 Å². The van der Waals surface area contributed by atoms with Crippen LogP contribution in [0.2, 0.25) is 0 Å². The minimum absolute atomic E-state index is 0.715. The summed E-state index contributed by atoms with van der Waals surface area (Å²) in [5, 5.41) is 3.59. The molecule has 0 radical (unpaired) electrons. The Hall–Kier alpha value is -1.13. The molecule has 114 valence electrons. The zero-order chi connectivity index (χ0) is 14.2. The van der Waals surface area contributed by atoms with E-state index < -0.39 is 0 Å². The molecule has 1 N–H and O–H groups in total. The summed E-state index contributed by atoms with van der Waals surface area (Å²) in [4.78, 5) is 9.73. The van der Waals surface area contributed by atoms with Gasteiger partial charge in [-0.25, -0.2) is 4.98 Å². The molecule has 1 aliphatic carbocycles. The number of hydrogen-bond donors (Lipinski definition) is 1. The van der Waals surface area contributed by atoms with Gasteiger partial charge in [-0.05, 0) is 56.8 Å². The van der Waals surface area contributed by atoms with Crippen LogP contribution in [0.3, 0.4) is 0 Å². The number of fused-ring (bicyclic) bond motifs is 2. The third-order valence-corrected chi connectivity index (χ3v) is 5.45. The van der Waals surface area contributed by atoms with Gasteiger partial charge in [0.05, 0.1) is 0 Å². The van der Waals surface area contributed by atoms with Gasteiger partial charge in [-0.2, -0.15) is 0 Å². The number of anilines is 1. The van der Waals surface area contributed by atoms with Crippen molar-refractivity contribution in [1.29, 1.82) is 0 Å². The van der Waals surface area contributed by atoms with Gasteiger partial charge in [0.15, 0.2) is 0 Å². The highest BCUT2D eigenvalue weighted by Crippen LogP contribution is 2.30. The summed E-state index contributed by atoms with van der Waals surface area (Å²) in [7, 11) is 2.30. The molecule has 2 saturated heterocycles. The van der Waals surface area contributed by atoms with Crippen molar-refractivity contribution in [3.63, 3.8) is 0 Å². The lowest BCUT2D eigenvalue weighted by atomic mass is 10.1. The average molecular weight is 286 g/mol. The third kappa shape index (κ3) is 2.92. The lowest BCUT2D eigenvalue weighted by molar-refractivity contribution is 0.254. The van der Waals surface area contributed by atoms with Gasteiger partial charge in [-0.15, -0.1) is 0 Å². The fourth-order valence-corrected chi connectivity index (χ4v) is 3.81. The maximum absolute atomic E-state index is 4.64. The second kappa shape index (κ2) is 5.58. The first-order chi connectivity index (χ1) is 10.3. The second-order valence-corrected chi connectivity index (χ2v) is 6.96. The first-order valence-electron chi connectivity index (χ1n) is 8.45. The van der Waals surface area contributed by atoms with Crippen LogP contribution < -0.4 is 10.2 Å². The molecule has 2 unspecified atom stereocenters. The summed E-state index contributed by atoms with van der Waals surface area (Å²) in [6.07, 6.45) is 8.68. The Morgan fingerprint density at radius 3 is 2.90 bits per heavy atom. The van der Waals surface area contributed by atoms with E-state index >= 15 is 0 Å². The van der Waals surface area contributed by atoms with E-state index in [-0.39, 0.29) is 0 Å². The minimum atomic E-state index is 0.715. The molecule has 1 aromatic heterocycles. The molecule has 2 aliphatic heterocycles. The summed E-state index contributed by atoms with van der Waals surface area (Å²) in [5.74, 6) is 1.17. The number of aromatic nitrogens is 1. The predicted molar refractivity (Wildman–Crippen MR) is 85.5 cm³/mol. The molecule has 1 saturated carbocycles. The predicted octanol–water partition coefficient (Wildman–Crippen LogP) is 2.01. The van der Waals surface area contributed by atoms with E-state index in [1.807, 2.05) is 6.20 Å². The zero-order valence-corrected chi connectivity index (χ0v) is 13.0. The van der Waals surface area contributed by atoms with Gasteiger partial charge in [-0.3, -0.25) is 4.90 Å². The van der Waals surface area contributed by atoms with Crippen molar-refractivity contribution in [2.24, 2.45) is 0 Å². The average Bonchev–Trinajstić information content (AvgIpc) is 3.25. The Morgan fingerprint density at radius 2 is 2.05 bits per heavy atom. The Balaban J connectivity index is 1.46. The van der Waals surface area contributed by atoms with Crippen LogP contribution in [-0.2, 0) is 6.54 Å². The van der Waals surface area contributed by atoms with Gasteiger partial charge in [0.2, 0.25) is 0 Å². The van der Waals surface area contributed by atoms with Gasteiger partial charge in [0.25, 0.3) is 0 Å². The molecule has 0 amide bonds. The van der Waals surface area contributed by atoms with E-state index in [2.05, 4.69) is 39.3 Å². The Bertz CT molecular complexity index is 499. The number of rotatable bonds is 4. The highest BCUT2D eigenvalue weighted by molar-refractivity contribution is 5.41. The minimum Gasteiger partial charge on any atom is -0.355 e. The van der Waals surface area contributed by atoms with E-state index in [0.717, 1.165) is 31.7 Å². The molecule has 3 heterocycles. The molecule has 2 atom stereocenters. The van der Waals surface area contributed by atoms with Crippen LogP contribution in [0.1, 0.15) is 37.7 Å². The number of pyridine rings is 1. The van der Waals surface area contributed by atoms with Gasteiger partial charge in [0, 0.05) is 44.0 Å². The highest BCUT2D eigenvalue weighted by atomic mass is 15.3. The van der Waals surface area contributed by atoms with E-state index in [9.17, 15) is 0 Å². The topological polar surface area (TPSA) is 31.4 Å². The molecule has 3 aliphatic rings. The van der Waals surface area contributed by atoms with E-state index in [4.69, 9.17) is 0 Å². The Morgan fingerprint density at radius 1 is 1.19 bits per heavy atom. The van der Waals surface area contributed by atoms with Gasteiger partial charge in [0.1, 0.15) is 5.82 Å². The van der Waals surface area contributed by atoms with Crippen molar-refractivity contribution >= 4 is 5.82 Å². The van der Waals surface area contributed by atoms with Crippen LogP contribution in [0.4, 0.5) is 5.82 Å². The second-order valence-electron chi connectivity index (χ2n) is 6.96. The van der Waals surface area contributed by atoms with E-state index in [1.165, 1.54) is 43.5 Å². The summed E-state index contributed by atoms with van der Waals surface area (Å²) in [6, 6.07) is 6.71. The fourth-order valence-electron chi connectivity index (χ4n) is 3.81. The molecule has 21 heavy (non-hydrogen) atoms. The number of nitrogens with zero attached hydrogens (tertiary/aromatic N) is 3. The molecule has 4 heteroatoms. The molecular weight excluding hydrogens is 260 g/mol. The largest absolute Gasteiger partial charge is 0.355 e. The van der Waals surface area contributed by atoms with Crippen LogP contribution in [-0.4, -0.2) is 48.1 Å². The number of likely N-dealkylation sites (N-methyl/N-ethyl adjacent to an activating group) is 1. The van der Waals surface area contributed by atoms with Crippen molar-refractivity contribution in [3.05, 3.63) is 23.9 Å². The number of nitrogens with one attached hydrogen (secondary N) is 1. The van der Waals surface area contributed by atoms with Gasteiger partial charge >= 0.3 is 0 Å². The first kappa shape index (κ1) is 13.5. The molecule has 0 aromatic carbocycles. The van der Waals surface area contributed by atoms with E-state index in [0.29, 0.717) is 6.04 Å². The standard InChI is InChI=1S/C17H26N4/c1-20-15-4-5-16(20)12-21(9-7-15)17-10-13(6-8-18-17)11-19-14-2-3-14/h6,8,10,14-16,19H,2-5,7,9,11-12H2,1H3. The molecule has 1 aromatic rings.